The molecule has 0 heterocycles. The van der Waals surface area contributed by atoms with Gasteiger partial charge in [0.25, 0.3) is 0 Å². The van der Waals surface area contributed by atoms with E-state index in [1.54, 1.807) is 0 Å². The quantitative estimate of drug-likeness (QED) is 0.558. The van der Waals surface area contributed by atoms with Gasteiger partial charge in [-0.25, -0.2) is 0 Å². The molecule has 1 nitrogen and oxygen atoms in total. The zero-order chi connectivity index (χ0) is 14.1. The number of rotatable bonds is 6. The van der Waals surface area contributed by atoms with E-state index in [1.807, 2.05) is 0 Å². The molecule has 0 aliphatic rings. The zero-order valence-corrected chi connectivity index (χ0v) is 15.6. The Kier molecular flexibility index (Phi) is 30.4. The van der Waals surface area contributed by atoms with E-state index in [2.05, 4.69) is 46.9 Å². The molecule has 0 spiro atoms. The number of nitrogens with one attached hydrogen (secondary N) is 1. The molecule has 0 aliphatic heterocycles. The number of halogens is 2. The van der Waals surface area contributed by atoms with Crippen LogP contribution in [-0.2, 0) is 0 Å². The molecule has 106 valence electrons. The van der Waals surface area contributed by atoms with E-state index in [1.165, 1.54) is 10.6 Å². The average molecular weight is 300 g/mol. The Morgan fingerprint density at radius 2 is 1.18 bits per heavy atom. The summed E-state index contributed by atoms with van der Waals surface area (Å²) in [6, 6.07) is 0. The molecule has 0 bridgehead atoms. The van der Waals surface area contributed by atoms with E-state index in [-0.39, 0.29) is 5.34 Å². The second-order valence-electron chi connectivity index (χ2n) is 4.78. The fourth-order valence-electron chi connectivity index (χ4n) is 1.18. The fourth-order valence-corrected chi connectivity index (χ4v) is 3.05. The highest BCUT2D eigenvalue weighted by atomic mass is 35.5. The van der Waals surface area contributed by atoms with Crippen LogP contribution in [0.25, 0.3) is 0 Å². The van der Waals surface area contributed by atoms with Crippen molar-refractivity contribution < 1.29 is 0 Å². The molecule has 0 rings (SSSR count). The van der Waals surface area contributed by atoms with Crippen molar-refractivity contribution in [3.8, 4) is 0 Å². The third-order valence-corrected chi connectivity index (χ3v) is 5.19. The van der Waals surface area contributed by atoms with Gasteiger partial charge in [0.15, 0.2) is 0 Å². The first-order valence-electron chi connectivity index (χ1n) is 6.78. The third kappa shape index (κ3) is 47.1. The van der Waals surface area contributed by atoms with Crippen molar-refractivity contribution in [2.24, 2.45) is 11.8 Å². The smallest absolute Gasteiger partial charge is 0.237 e. The molecule has 0 amide bonds. The first kappa shape index (κ1) is 23.2. The summed E-state index contributed by atoms with van der Waals surface area (Å²) in [7, 11) is 0. The van der Waals surface area contributed by atoms with Crippen molar-refractivity contribution in [1.82, 2.24) is 5.32 Å². The molecule has 0 atom stereocenters. The van der Waals surface area contributed by atoms with Gasteiger partial charge in [-0.1, -0.05) is 63.9 Å². The SMILES string of the molecule is CC(C)[CH2][AlH][CH2]C(C)C.CCNCC.ClCCl. The average Bonchev–Trinajstić information content (AvgIpc) is 2.19. The molecule has 1 N–H and O–H groups in total. The van der Waals surface area contributed by atoms with Crippen LogP contribution >= 0.6 is 23.2 Å². The molecular weight excluding hydrogens is 268 g/mol. The van der Waals surface area contributed by atoms with Gasteiger partial charge >= 0.3 is 0 Å². The van der Waals surface area contributed by atoms with Crippen molar-refractivity contribution >= 4 is 38.4 Å². The summed E-state index contributed by atoms with van der Waals surface area (Å²) in [5.74, 6) is 1.91. The predicted molar refractivity (Wildman–Crippen MR) is 87.2 cm³/mol. The molecule has 0 aromatic heterocycles. The molecule has 0 aliphatic carbocycles. The molecule has 0 fully saturated rings. The Labute approximate surface area is 126 Å². The maximum Gasteiger partial charge on any atom is 0.237 e. The molecule has 0 saturated heterocycles. The summed E-state index contributed by atoms with van der Waals surface area (Å²) < 4.78 is 0. The van der Waals surface area contributed by atoms with Crippen LogP contribution in [0.15, 0.2) is 0 Å². The molecular formula is C13H32AlCl2N. The Morgan fingerprint density at radius 3 is 1.29 bits per heavy atom. The van der Waals surface area contributed by atoms with E-state index in [0.717, 1.165) is 24.9 Å². The summed E-state index contributed by atoms with van der Waals surface area (Å²) in [6.45, 7) is 15.7. The Morgan fingerprint density at radius 1 is 0.882 bits per heavy atom. The zero-order valence-electron chi connectivity index (χ0n) is 12.7. The molecule has 17 heavy (non-hydrogen) atoms. The van der Waals surface area contributed by atoms with Gasteiger partial charge in [-0.15, -0.1) is 23.2 Å². The van der Waals surface area contributed by atoms with Gasteiger partial charge in [0.1, 0.15) is 0 Å². The highest BCUT2D eigenvalue weighted by Crippen LogP contribution is 2.05. The third-order valence-electron chi connectivity index (χ3n) is 2.06. The van der Waals surface area contributed by atoms with Crippen molar-refractivity contribution in [1.29, 1.82) is 0 Å². The van der Waals surface area contributed by atoms with Gasteiger partial charge < -0.3 is 5.32 Å². The largest absolute Gasteiger partial charge is 0.317 e. The molecule has 0 aromatic rings. The number of hydrogen-bond donors (Lipinski definition) is 1. The summed E-state index contributed by atoms with van der Waals surface area (Å²) in [4.78, 5) is 0. The topological polar surface area (TPSA) is 12.0 Å². The van der Waals surface area contributed by atoms with Crippen LogP contribution in [0.3, 0.4) is 0 Å². The van der Waals surface area contributed by atoms with E-state index in [0.29, 0.717) is 15.2 Å². The van der Waals surface area contributed by atoms with E-state index in [9.17, 15) is 0 Å². The van der Waals surface area contributed by atoms with Crippen LogP contribution in [0.1, 0.15) is 41.5 Å². The highest BCUT2D eigenvalue weighted by Gasteiger charge is 1.99. The Balaban J connectivity index is -0.000000207. The van der Waals surface area contributed by atoms with Crippen LogP contribution in [0.5, 0.6) is 0 Å². The first-order chi connectivity index (χ1) is 7.95. The fraction of sp³-hybridized carbons (Fsp3) is 1.00. The lowest BCUT2D eigenvalue weighted by molar-refractivity contribution is 0.700. The summed E-state index contributed by atoms with van der Waals surface area (Å²) in [5, 5.41) is 6.39. The van der Waals surface area contributed by atoms with Crippen LogP contribution in [0, 0.1) is 11.8 Å². The van der Waals surface area contributed by atoms with Gasteiger partial charge in [-0.05, 0) is 13.1 Å². The molecule has 0 radical (unpaired) electrons. The minimum atomic E-state index is 0.194. The standard InChI is InChI=1S/C4H11N.2C4H9.CH2Cl2.Al.H/c1-3-5-4-2;2*1-4(2)3;2-1-3;;/h5H,3-4H2,1-2H3;2*4H,1H2,2-3H3;1H2;;. The van der Waals surface area contributed by atoms with E-state index >= 15 is 0 Å². The summed E-state index contributed by atoms with van der Waals surface area (Å²) in [6.07, 6.45) is 0. The van der Waals surface area contributed by atoms with Crippen LogP contribution in [-0.4, -0.2) is 33.6 Å². The van der Waals surface area contributed by atoms with Crippen molar-refractivity contribution in [2.45, 2.75) is 52.1 Å². The minimum Gasteiger partial charge on any atom is -0.317 e. The van der Waals surface area contributed by atoms with E-state index < -0.39 is 0 Å². The lowest BCUT2D eigenvalue weighted by Gasteiger charge is -2.03. The maximum absolute atomic E-state index is 4.76. The van der Waals surface area contributed by atoms with Gasteiger partial charge in [-0.3, -0.25) is 0 Å². The molecule has 4 heteroatoms. The van der Waals surface area contributed by atoms with Gasteiger partial charge in [0, 0.05) is 0 Å². The second kappa shape index (κ2) is 22.3. The number of hydrogen-bond acceptors (Lipinski definition) is 1. The highest BCUT2D eigenvalue weighted by molar-refractivity contribution is 6.40. The van der Waals surface area contributed by atoms with Crippen molar-refractivity contribution in [3.05, 3.63) is 0 Å². The predicted octanol–water partition coefficient (Wildman–Crippen LogP) is 4.61. The van der Waals surface area contributed by atoms with Crippen molar-refractivity contribution in [3.63, 3.8) is 0 Å². The Hall–Kier alpha value is 1.07. The van der Waals surface area contributed by atoms with Crippen LogP contribution in [0.4, 0.5) is 0 Å². The Bertz CT molecular complexity index is 102. The molecule has 0 saturated carbocycles. The number of alkyl halides is 2. The van der Waals surface area contributed by atoms with Gasteiger partial charge in [-0.2, -0.15) is 0 Å². The van der Waals surface area contributed by atoms with Crippen LogP contribution in [0.2, 0.25) is 10.6 Å². The van der Waals surface area contributed by atoms with Crippen LogP contribution < -0.4 is 5.32 Å². The summed E-state index contributed by atoms with van der Waals surface area (Å²) >= 11 is 9.84. The molecule has 0 aromatic carbocycles. The second-order valence-corrected chi connectivity index (χ2v) is 7.45. The van der Waals surface area contributed by atoms with Gasteiger partial charge in [0.2, 0.25) is 15.2 Å². The minimum absolute atomic E-state index is 0.194. The maximum atomic E-state index is 4.76. The van der Waals surface area contributed by atoms with E-state index in [4.69, 9.17) is 23.2 Å². The molecule has 0 unspecified atom stereocenters. The first-order valence-corrected chi connectivity index (χ1v) is 9.85. The van der Waals surface area contributed by atoms with Crippen molar-refractivity contribution in [2.75, 3.05) is 18.4 Å². The van der Waals surface area contributed by atoms with Gasteiger partial charge in [0.05, 0.1) is 5.34 Å². The normalized spacial score (nSPS) is 9.29. The summed E-state index contributed by atoms with van der Waals surface area (Å²) in [5.41, 5.74) is 0. The monoisotopic (exact) mass is 299 g/mol. The lowest BCUT2D eigenvalue weighted by Crippen LogP contribution is -2.09. The lowest BCUT2D eigenvalue weighted by atomic mass is 10.3.